The third-order valence-electron chi connectivity index (χ3n) is 2.00. The van der Waals surface area contributed by atoms with E-state index in [1.165, 1.54) is 0 Å². The first-order valence-corrected chi connectivity index (χ1v) is 4.42. The monoisotopic (exact) mass is 179 g/mol. The summed E-state index contributed by atoms with van der Waals surface area (Å²) >= 11 is 0. The molecule has 2 N–H and O–H groups in total. The number of hydrogen-bond donors (Lipinski definition) is 1. The zero-order valence-corrected chi connectivity index (χ0v) is 7.66. The fourth-order valence-corrected chi connectivity index (χ4v) is 1.37. The lowest BCUT2D eigenvalue weighted by molar-refractivity contribution is 0.133. The predicted octanol–water partition coefficient (Wildman–Crippen LogP) is 0.396. The molecule has 0 saturated carbocycles. The van der Waals surface area contributed by atoms with Crippen LogP contribution < -0.4 is 5.73 Å². The Balaban J connectivity index is 2.21. The smallest absolute Gasteiger partial charge is 0.130 e. The van der Waals surface area contributed by atoms with E-state index in [1.807, 2.05) is 13.1 Å². The third-order valence-corrected chi connectivity index (χ3v) is 2.00. The Morgan fingerprint density at radius 2 is 2.46 bits per heavy atom. The summed E-state index contributed by atoms with van der Waals surface area (Å²) < 4.78 is 5.24. The van der Waals surface area contributed by atoms with E-state index in [0.29, 0.717) is 13.2 Å². The van der Waals surface area contributed by atoms with Gasteiger partial charge in [0.05, 0.1) is 18.9 Å². The fraction of sp³-hybridized carbons (Fsp3) is 0.556. The van der Waals surface area contributed by atoms with Gasteiger partial charge in [-0.3, -0.25) is 0 Å². The van der Waals surface area contributed by atoms with Crippen LogP contribution in [0.1, 0.15) is 24.0 Å². The molecule has 1 aromatic heterocycles. The van der Waals surface area contributed by atoms with Gasteiger partial charge in [-0.1, -0.05) is 0 Å². The van der Waals surface area contributed by atoms with E-state index in [-0.39, 0.29) is 6.04 Å². The van der Waals surface area contributed by atoms with E-state index in [9.17, 15) is 0 Å². The van der Waals surface area contributed by atoms with Crippen LogP contribution in [0, 0.1) is 0 Å². The molecule has 0 spiro atoms. The molecule has 2 rings (SSSR count). The van der Waals surface area contributed by atoms with Crippen LogP contribution in [0.15, 0.2) is 6.20 Å². The molecule has 0 radical (unpaired) electrons. The summed E-state index contributed by atoms with van der Waals surface area (Å²) in [7, 11) is 0. The minimum absolute atomic E-state index is 0.111. The van der Waals surface area contributed by atoms with Gasteiger partial charge in [0, 0.05) is 24.2 Å². The van der Waals surface area contributed by atoms with Crippen LogP contribution in [0.3, 0.4) is 0 Å². The van der Waals surface area contributed by atoms with Crippen LogP contribution in [-0.4, -0.2) is 16.0 Å². The van der Waals surface area contributed by atoms with Crippen LogP contribution >= 0.6 is 0 Å². The summed E-state index contributed by atoms with van der Waals surface area (Å²) in [6.45, 7) is 3.21. The van der Waals surface area contributed by atoms with Gasteiger partial charge in [0.25, 0.3) is 0 Å². The first kappa shape index (κ1) is 8.59. The van der Waals surface area contributed by atoms with Crippen molar-refractivity contribution in [3.8, 4) is 0 Å². The molecular formula is C9H13N3O. The minimum atomic E-state index is 0.111. The second kappa shape index (κ2) is 3.40. The highest BCUT2D eigenvalue weighted by Crippen LogP contribution is 2.16. The number of nitrogens with two attached hydrogens (primary N) is 1. The number of fused-ring (bicyclic) bond motifs is 1. The maximum Gasteiger partial charge on any atom is 0.130 e. The van der Waals surface area contributed by atoms with Crippen molar-refractivity contribution in [2.24, 2.45) is 5.73 Å². The zero-order chi connectivity index (χ0) is 9.26. The van der Waals surface area contributed by atoms with Crippen LogP contribution in [-0.2, 0) is 24.4 Å². The van der Waals surface area contributed by atoms with Gasteiger partial charge >= 0.3 is 0 Å². The highest BCUT2D eigenvalue weighted by Gasteiger charge is 2.14. The molecule has 1 aliphatic heterocycles. The van der Waals surface area contributed by atoms with Crippen molar-refractivity contribution >= 4 is 0 Å². The fourth-order valence-electron chi connectivity index (χ4n) is 1.37. The van der Waals surface area contributed by atoms with Crippen molar-refractivity contribution in [3.05, 3.63) is 23.3 Å². The number of rotatable bonds is 2. The lowest BCUT2D eigenvalue weighted by atomic mass is 10.2. The highest BCUT2D eigenvalue weighted by atomic mass is 16.5. The van der Waals surface area contributed by atoms with Gasteiger partial charge in [-0.15, -0.1) is 0 Å². The van der Waals surface area contributed by atoms with E-state index in [1.54, 1.807) is 0 Å². The quantitative estimate of drug-likeness (QED) is 0.713. The van der Waals surface area contributed by atoms with Gasteiger partial charge in [-0.2, -0.15) is 0 Å². The first-order valence-electron chi connectivity index (χ1n) is 4.42. The predicted molar refractivity (Wildman–Crippen MR) is 47.9 cm³/mol. The molecule has 13 heavy (non-hydrogen) atoms. The van der Waals surface area contributed by atoms with Gasteiger partial charge in [-0.25, -0.2) is 9.97 Å². The average Bonchev–Trinajstić information content (AvgIpc) is 2.49. The molecule has 0 aliphatic carbocycles. The lowest BCUT2D eigenvalue weighted by Gasteiger charge is -2.04. The molecule has 1 unspecified atom stereocenters. The van der Waals surface area contributed by atoms with E-state index >= 15 is 0 Å². The molecule has 1 aliphatic rings. The van der Waals surface area contributed by atoms with Crippen LogP contribution in [0.4, 0.5) is 0 Å². The second-order valence-corrected chi connectivity index (χ2v) is 3.43. The largest absolute Gasteiger partial charge is 0.370 e. The Morgan fingerprint density at radius 3 is 3.23 bits per heavy atom. The molecule has 4 nitrogen and oxygen atoms in total. The Kier molecular flexibility index (Phi) is 2.24. The Labute approximate surface area is 77.1 Å². The minimum Gasteiger partial charge on any atom is -0.370 e. The standard InChI is InChI=1S/C9H13N3O/c1-6(10)2-9-11-3-7-4-13-5-8(7)12-9/h3,6H,2,4-5,10H2,1H3. The normalized spacial score (nSPS) is 17.1. The van der Waals surface area contributed by atoms with Crippen LogP contribution in [0.5, 0.6) is 0 Å². The van der Waals surface area contributed by atoms with E-state index in [0.717, 1.165) is 23.5 Å². The molecule has 0 bridgehead atoms. The molecule has 0 aromatic carbocycles. The van der Waals surface area contributed by atoms with Crippen molar-refractivity contribution in [3.63, 3.8) is 0 Å². The van der Waals surface area contributed by atoms with Crippen LogP contribution in [0.2, 0.25) is 0 Å². The molecule has 2 heterocycles. The summed E-state index contributed by atoms with van der Waals surface area (Å²) in [6, 6.07) is 0.111. The second-order valence-electron chi connectivity index (χ2n) is 3.43. The van der Waals surface area contributed by atoms with Crippen molar-refractivity contribution in [2.75, 3.05) is 0 Å². The van der Waals surface area contributed by atoms with E-state index in [2.05, 4.69) is 9.97 Å². The number of aromatic nitrogens is 2. The van der Waals surface area contributed by atoms with Crippen molar-refractivity contribution in [1.29, 1.82) is 0 Å². The molecule has 1 atom stereocenters. The molecule has 1 aromatic rings. The summed E-state index contributed by atoms with van der Waals surface area (Å²) in [5.74, 6) is 0.819. The third kappa shape index (κ3) is 1.84. The van der Waals surface area contributed by atoms with Crippen LogP contribution in [0.25, 0.3) is 0 Å². The Morgan fingerprint density at radius 1 is 1.62 bits per heavy atom. The molecular weight excluding hydrogens is 166 g/mol. The zero-order valence-electron chi connectivity index (χ0n) is 7.66. The highest BCUT2D eigenvalue weighted by molar-refractivity contribution is 5.19. The summed E-state index contributed by atoms with van der Waals surface area (Å²) in [4.78, 5) is 8.60. The summed E-state index contributed by atoms with van der Waals surface area (Å²) in [5, 5.41) is 0. The number of ether oxygens (including phenoxy) is 1. The van der Waals surface area contributed by atoms with Gasteiger partial charge in [0.15, 0.2) is 0 Å². The number of hydrogen-bond acceptors (Lipinski definition) is 4. The van der Waals surface area contributed by atoms with Crippen molar-refractivity contribution in [1.82, 2.24) is 9.97 Å². The van der Waals surface area contributed by atoms with Gasteiger partial charge in [0.1, 0.15) is 5.82 Å². The molecule has 4 heteroatoms. The summed E-state index contributed by atoms with van der Waals surface area (Å²) in [6.07, 6.45) is 2.57. The molecule has 0 amide bonds. The van der Waals surface area contributed by atoms with Gasteiger partial charge < -0.3 is 10.5 Å². The van der Waals surface area contributed by atoms with E-state index in [4.69, 9.17) is 10.5 Å². The van der Waals surface area contributed by atoms with Crippen molar-refractivity contribution < 1.29 is 4.74 Å². The van der Waals surface area contributed by atoms with Gasteiger partial charge in [-0.05, 0) is 6.92 Å². The SMILES string of the molecule is CC(N)Cc1ncc2c(n1)COC2. The lowest BCUT2D eigenvalue weighted by Crippen LogP contribution is -2.19. The Hall–Kier alpha value is -1.00. The maximum absolute atomic E-state index is 5.66. The first-order chi connectivity index (χ1) is 6.25. The number of nitrogens with zero attached hydrogens (tertiary/aromatic N) is 2. The van der Waals surface area contributed by atoms with Crippen molar-refractivity contribution in [2.45, 2.75) is 32.6 Å². The molecule has 0 saturated heterocycles. The summed E-state index contributed by atoms with van der Waals surface area (Å²) in [5.41, 5.74) is 7.78. The Bertz CT molecular complexity index is 312. The average molecular weight is 179 g/mol. The molecule has 70 valence electrons. The molecule has 0 fully saturated rings. The topological polar surface area (TPSA) is 61.0 Å². The maximum atomic E-state index is 5.66. The van der Waals surface area contributed by atoms with E-state index < -0.39 is 0 Å². The van der Waals surface area contributed by atoms with Gasteiger partial charge in [0.2, 0.25) is 0 Å².